The number of rotatable bonds is 12. The monoisotopic (exact) mass is 583 g/mol. The Hall–Kier alpha value is -3.79. The number of likely N-dealkylation sites (tertiary alicyclic amines) is 2. The van der Waals surface area contributed by atoms with Crippen LogP contribution in [0.5, 0.6) is 0 Å². The van der Waals surface area contributed by atoms with E-state index in [1.165, 1.54) is 30.6 Å². The second kappa shape index (κ2) is 14.7. The van der Waals surface area contributed by atoms with Crippen molar-refractivity contribution in [3.8, 4) is 0 Å². The molecule has 2 aliphatic heterocycles. The van der Waals surface area contributed by atoms with Crippen molar-refractivity contribution >= 4 is 41.4 Å². The number of hydrogen-bond donors (Lipinski definition) is 7. The number of nitrogens with two attached hydrogens (primary N) is 1. The van der Waals surface area contributed by atoms with Crippen LogP contribution in [0.15, 0.2) is 0 Å². The lowest BCUT2D eigenvalue weighted by atomic mass is 10.1. The van der Waals surface area contributed by atoms with Crippen molar-refractivity contribution in [1.82, 2.24) is 31.1 Å². The molecule has 7 amide bonds. The van der Waals surface area contributed by atoms with Gasteiger partial charge in [0, 0.05) is 20.0 Å². The molecule has 0 radical (unpaired) electrons. The minimum absolute atomic E-state index is 0.240. The summed E-state index contributed by atoms with van der Waals surface area (Å²) in [5, 5.41) is 28.9. The molecule has 2 fully saturated rings. The lowest BCUT2D eigenvalue weighted by Crippen LogP contribution is -2.60. The fourth-order valence-electron chi connectivity index (χ4n) is 4.87. The zero-order valence-electron chi connectivity index (χ0n) is 23.7. The Kier molecular flexibility index (Phi) is 12.0. The summed E-state index contributed by atoms with van der Waals surface area (Å²) in [7, 11) is 0. The summed E-state index contributed by atoms with van der Waals surface area (Å²) in [6.07, 6.45) is 0.431. The quantitative estimate of drug-likeness (QED) is 0.118. The Morgan fingerprint density at radius 3 is 1.95 bits per heavy atom. The summed E-state index contributed by atoms with van der Waals surface area (Å²) < 4.78 is 0. The average Bonchev–Trinajstić information content (AvgIpc) is 3.59. The fourth-order valence-corrected chi connectivity index (χ4v) is 4.87. The minimum Gasteiger partial charge on any atom is -0.394 e. The Morgan fingerprint density at radius 1 is 0.829 bits per heavy atom. The molecule has 0 aromatic carbocycles. The maximum absolute atomic E-state index is 13.5. The molecule has 2 rings (SSSR count). The smallest absolute Gasteiger partial charge is 0.246 e. The van der Waals surface area contributed by atoms with Crippen LogP contribution >= 0.6 is 0 Å². The lowest BCUT2D eigenvalue weighted by Gasteiger charge is -2.33. The Morgan fingerprint density at radius 2 is 1.41 bits per heavy atom. The molecule has 7 atom stereocenters. The molecule has 0 aromatic rings. The van der Waals surface area contributed by atoms with Gasteiger partial charge in [-0.3, -0.25) is 33.6 Å². The van der Waals surface area contributed by atoms with Gasteiger partial charge in [0.2, 0.25) is 41.4 Å². The molecular formula is C25H41N7O9. The normalized spacial score (nSPS) is 22.1. The standard InChI is InChI=1S/C25H41N7O9/c1-12(20(26)36)27-22(38)17-7-5-9-31(17)25(41)18-8-6-10-32(18)24(40)13(2)28-23(39)19(14(3)34)30-21(37)16(11-33)29-15(4)35/h12-14,16-19,33-34H,5-11H2,1-4H3,(H2,26,36)(H,27,38)(H,28,39)(H,29,35)(H,30,37). The molecule has 2 saturated heterocycles. The molecule has 0 spiro atoms. The maximum Gasteiger partial charge on any atom is 0.246 e. The number of amides is 7. The van der Waals surface area contributed by atoms with E-state index in [0.29, 0.717) is 32.2 Å². The van der Waals surface area contributed by atoms with Crippen LogP contribution in [0.1, 0.15) is 53.4 Å². The van der Waals surface area contributed by atoms with Crippen LogP contribution in [0, 0.1) is 0 Å². The molecule has 7 unspecified atom stereocenters. The summed E-state index contributed by atoms with van der Waals surface area (Å²) in [5.41, 5.74) is 5.22. The topological polar surface area (TPSA) is 241 Å². The van der Waals surface area contributed by atoms with E-state index in [1.807, 2.05) is 0 Å². The molecule has 41 heavy (non-hydrogen) atoms. The number of primary amides is 1. The zero-order chi connectivity index (χ0) is 31.0. The van der Waals surface area contributed by atoms with E-state index < -0.39 is 90.3 Å². The summed E-state index contributed by atoms with van der Waals surface area (Å²) in [5.74, 6) is -4.60. The third-order valence-electron chi connectivity index (χ3n) is 7.11. The fraction of sp³-hybridized carbons (Fsp3) is 0.720. The largest absolute Gasteiger partial charge is 0.394 e. The molecule has 8 N–H and O–H groups in total. The molecule has 2 aliphatic rings. The first-order valence-electron chi connectivity index (χ1n) is 13.6. The van der Waals surface area contributed by atoms with Gasteiger partial charge in [-0.2, -0.15) is 0 Å². The van der Waals surface area contributed by atoms with Gasteiger partial charge in [0.1, 0.15) is 36.3 Å². The highest BCUT2D eigenvalue weighted by Gasteiger charge is 2.43. The molecule has 0 bridgehead atoms. The van der Waals surface area contributed by atoms with Crippen molar-refractivity contribution in [2.45, 2.75) is 95.7 Å². The number of carbonyl (C=O) groups is 7. The molecule has 2 heterocycles. The maximum atomic E-state index is 13.5. The lowest BCUT2D eigenvalue weighted by molar-refractivity contribution is -0.148. The second-order valence-electron chi connectivity index (χ2n) is 10.4. The number of aliphatic hydroxyl groups is 2. The Labute approximate surface area is 237 Å². The van der Waals surface area contributed by atoms with Gasteiger partial charge in [-0.25, -0.2) is 0 Å². The summed E-state index contributed by atoms with van der Waals surface area (Å²) in [4.78, 5) is 90.2. The molecule has 0 saturated carbocycles. The summed E-state index contributed by atoms with van der Waals surface area (Å²) >= 11 is 0. The molecule has 0 aliphatic carbocycles. The highest BCUT2D eigenvalue weighted by molar-refractivity contribution is 5.97. The van der Waals surface area contributed by atoms with Gasteiger partial charge in [0.15, 0.2) is 0 Å². The van der Waals surface area contributed by atoms with Crippen molar-refractivity contribution in [2.75, 3.05) is 19.7 Å². The van der Waals surface area contributed by atoms with Gasteiger partial charge >= 0.3 is 0 Å². The van der Waals surface area contributed by atoms with Gasteiger partial charge in [-0.05, 0) is 46.5 Å². The average molecular weight is 584 g/mol. The van der Waals surface area contributed by atoms with E-state index in [0.717, 1.165) is 6.92 Å². The third-order valence-corrected chi connectivity index (χ3v) is 7.11. The van der Waals surface area contributed by atoms with Crippen LogP contribution in [0.4, 0.5) is 0 Å². The van der Waals surface area contributed by atoms with E-state index in [9.17, 15) is 43.8 Å². The first-order chi connectivity index (χ1) is 19.2. The first kappa shape index (κ1) is 33.4. The number of aliphatic hydroxyl groups excluding tert-OH is 2. The molecule has 230 valence electrons. The van der Waals surface area contributed by atoms with Gasteiger partial charge in [0.05, 0.1) is 12.7 Å². The van der Waals surface area contributed by atoms with Crippen molar-refractivity contribution in [1.29, 1.82) is 0 Å². The van der Waals surface area contributed by atoms with E-state index in [-0.39, 0.29) is 6.54 Å². The number of carbonyl (C=O) groups excluding carboxylic acids is 7. The van der Waals surface area contributed by atoms with Crippen LogP contribution in [-0.2, 0) is 33.6 Å². The number of hydrogen-bond acceptors (Lipinski definition) is 9. The minimum atomic E-state index is -1.51. The molecule has 0 aromatic heterocycles. The van der Waals surface area contributed by atoms with Gasteiger partial charge in [0.25, 0.3) is 0 Å². The second-order valence-corrected chi connectivity index (χ2v) is 10.4. The van der Waals surface area contributed by atoms with Crippen LogP contribution in [-0.4, -0.2) is 123 Å². The zero-order valence-corrected chi connectivity index (χ0v) is 23.7. The first-order valence-corrected chi connectivity index (χ1v) is 13.6. The van der Waals surface area contributed by atoms with Crippen LogP contribution in [0.2, 0.25) is 0 Å². The number of nitrogens with one attached hydrogen (secondary N) is 4. The van der Waals surface area contributed by atoms with E-state index >= 15 is 0 Å². The summed E-state index contributed by atoms with van der Waals surface area (Å²) in [6, 6.07) is -6.60. The van der Waals surface area contributed by atoms with Crippen LogP contribution < -0.4 is 27.0 Å². The van der Waals surface area contributed by atoms with Crippen molar-refractivity contribution in [2.24, 2.45) is 5.73 Å². The van der Waals surface area contributed by atoms with Crippen LogP contribution in [0.3, 0.4) is 0 Å². The SMILES string of the molecule is CC(=O)NC(CO)C(=O)NC(C(=O)NC(C)C(=O)N1CCCC1C(=O)N1CCCC1C(=O)NC(C)C(N)=O)C(C)O. The molecular weight excluding hydrogens is 542 g/mol. The predicted octanol–water partition coefficient (Wildman–Crippen LogP) is -4.17. The molecule has 16 nitrogen and oxygen atoms in total. The van der Waals surface area contributed by atoms with Crippen LogP contribution in [0.25, 0.3) is 0 Å². The van der Waals surface area contributed by atoms with Gasteiger partial charge in [-0.15, -0.1) is 0 Å². The van der Waals surface area contributed by atoms with E-state index in [1.54, 1.807) is 0 Å². The summed E-state index contributed by atoms with van der Waals surface area (Å²) in [6.45, 7) is 5.01. The van der Waals surface area contributed by atoms with Crippen molar-refractivity contribution in [3.63, 3.8) is 0 Å². The van der Waals surface area contributed by atoms with Gasteiger partial charge in [-0.1, -0.05) is 0 Å². The Balaban J connectivity index is 2.07. The predicted molar refractivity (Wildman–Crippen MR) is 142 cm³/mol. The third kappa shape index (κ3) is 8.60. The van der Waals surface area contributed by atoms with E-state index in [4.69, 9.17) is 5.73 Å². The van der Waals surface area contributed by atoms with E-state index in [2.05, 4.69) is 21.3 Å². The highest BCUT2D eigenvalue weighted by Crippen LogP contribution is 2.25. The van der Waals surface area contributed by atoms with Crippen molar-refractivity contribution < 1.29 is 43.8 Å². The highest BCUT2D eigenvalue weighted by atomic mass is 16.3. The van der Waals surface area contributed by atoms with Crippen molar-refractivity contribution in [3.05, 3.63) is 0 Å². The van der Waals surface area contributed by atoms with Gasteiger partial charge < -0.3 is 47.0 Å². The Bertz CT molecular complexity index is 1040. The number of nitrogens with zero attached hydrogens (tertiary/aromatic N) is 2. The molecule has 16 heteroatoms.